The predicted molar refractivity (Wildman–Crippen MR) is 75.4 cm³/mol. The van der Waals surface area contributed by atoms with Crippen LogP contribution >= 0.6 is 0 Å². The summed E-state index contributed by atoms with van der Waals surface area (Å²) in [5, 5.41) is 4.11. The number of imidazole rings is 1. The van der Waals surface area contributed by atoms with Crippen molar-refractivity contribution in [2.75, 3.05) is 13.3 Å². The van der Waals surface area contributed by atoms with Gasteiger partial charge in [-0.1, -0.05) is 12.1 Å². The Hall–Kier alpha value is -2.42. The molecule has 0 saturated carbocycles. The number of benzene rings is 1. The van der Waals surface area contributed by atoms with Crippen LogP contribution in [0.4, 0.5) is 4.79 Å². The SMILES string of the molecule is CNC(=O)NC(=O)Cn1c(S(C)(=O)=O)nc2ccccc21. The normalized spacial score (nSPS) is 11.3. The van der Waals surface area contributed by atoms with Gasteiger partial charge in [-0.15, -0.1) is 0 Å². The highest BCUT2D eigenvalue weighted by Crippen LogP contribution is 2.19. The van der Waals surface area contributed by atoms with Gasteiger partial charge in [0.05, 0.1) is 11.0 Å². The Morgan fingerprint density at radius 1 is 1.29 bits per heavy atom. The van der Waals surface area contributed by atoms with Gasteiger partial charge in [-0.25, -0.2) is 18.2 Å². The smallest absolute Gasteiger partial charge is 0.321 e. The van der Waals surface area contributed by atoms with E-state index in [-0.39, 0.29) is 11.7 Å². The van der Waals surface area contributed by atoms with E-state index < -0.39 is 21.8 Å². The lowest BCUT2D eigenvalue weighted by molar-refractivity contribution is -0.120. The number of rotatable bonds is 3. The van der Waals surface area contributed by atoms with Crippen molar-refractivity contribution in [1.29, 1.82) is 0 Å². The molecule has 2 rings (SSSR count). The molecule has 1 heterocycles. The molecule has 0 radical (unpaired) electrons. The molecule has 8 nitrogen and oxygen atoms in total. The fraction of sp³-hybridized carbons (Fsp3) is 0.250. The molecule has 2 aromatic rings. The van der Waals surface area contributed by atoms with Gasteiger partial charge >= 0.3 is 6.03 Å². The largest absolute Gasteiger partial charge is 0.341 e. The quantitative estimate of drug-likeness (QED) is 0.822. The first-order valence-electron chi connectivity index (χ1n) is 6.00. The van der Waals surface area contributed by atoms with Gasteiger partial charge in [-0.3, -0.25) is 10.1 Å². The van der Waals surface area contributed by atoms with E-state index in [0.717, 1.165) is 6.26 Å². The monoisotopic (exact) mass is 310 g/mol. The first kappa shape index (κ1) is 15.0. The van der Waals surface area contributed by atoms with E-state index in [2.05, 4.69) is 15.6 Å². The molecule has 21 heavy (non-hydrogen) atoms. The number of fused-ring (bicyclic) bond motifs is 1. The number of para-hydroxylation sites is 2. The average molecular weight is 310 g/mol. The zero-order valence-corrected chi connectivity index (χ0v) is 12.3. The molecule has 2 N–H and O–H groups in total. The van der Waals surface area contributed by atoms with Crippen molar-refractivity contribution in [1.82, 2.24) is 20.2 Å². The second kappa shape index (κ2) is 5.52. The molecule has 9 heteroatoms. The summed E-state index contributed by atoms with van der Waals surface area (Å²) in [6, 6.07) is 6.08. The molecule has 0 unspecified atom stereocenters. The fourth-order valence-corrected chi connectivity index (χ4v) is 2.69. The minimum Gasteiger partial charge on any atom is -0.341 e. The number of amides is 3. The van der Waals surface area contributed by atoms with Gasteiger partial charge in [-0.05, 0) is 12.1 Å². The zero-order valence-electron chi connectivity index (χ0n) is 11.5. The van der Waals surface area contributed by atoms with Crippen LogP contribution in [0.15, 0.2) is 29.4 Å². The van der Waals surface area contributed by atoms with Gasteiger partial charge < -0.3 is 9.88 Å². The van der Waals surface area contributed by atoms with Crippen LogP contribution in [0, 0.1) is 0 Å². The molecule has 0 spiro atoms. The van der Waals surface area contributed by atoms with Crippen molar-refractivity contribution < 1.29 is 18.0 Å². The summed E-state index contributed by atoms with van der Waals surface area (Å²) in [7, 11) is -2.23. The van der Waals surface area contributed by atoms with Crippen molar-refractivity contribution in [3.63, 3.8) is 0 Å². The summed E-state index contributed by atoms with van der Waals surface area (Å²) in [4.78, 5) is 26.9. The van der Waals surface area contributed by atoms with E-state index in [9.17, 15) is 18.0 Å². The van der Waals surface area contributed by atoms with Crippen LogP contribution in [0.3, 0.4) is 0 Å². The molecule has 0 fully saturated rings. The Kier molecular flexibility index (Phi) is 3.94. The van der Waals surface area contributed by atoms with E-state index in [0.29, 0.717) is 11.0 Å². The average Bonchev–Trinajstić information content (AvgIpc) is 2.77. The minimum absolute atomic E-state index is 0.212. The highest BCUT2D eigenvalue weighted by atomic mass is 32.2. The lowest BCUT2D eigenvalue weighted by Crippen LogP contribution is -2.39. The second-order valence-corrected chi connectivity index (χ2v) is 6.28. The van der Waals surface area contributed by atoms with Gasteiger partial charge in [0, 0.05) is 13.3 Å². The number of aromatic nitrogens is 2. The highest BCUT2D eigenvalue weighted by Gasteiger charge is 2.21. The molecule has 0 aliphatic rings. The van der Waals surface area contributed by atoms with Gasteiger partial charge in [0.15, 0.2) is 0 Å². The molecule has 0 aliphatic heterocycles. The third-order valence-electron chi connectivity index (χ3n) is 2.73. The predicted octanol–water partition coefficient (Wildman–Crippen LogP) is -0.105. The number of hydrogen-bond donors (Lipinski definition) is 2. The summed E-state index contributed by atoms with van der Waals surface area (Å²) in [6.07, 6.45) is 1.02. The van der Waals surface area contributed by atoms with Crippen LogP contribution in [-0.4, -0.2) is 43.2 Å². The number of hydrogen-bond acceptors (Lipinski definition) is 5. The summed E-state index contributed by atoms with van der Waals surface area (Å²) in [6.45, 7) is -0.323. The number of nitrogens with zero attached hydrogens (tertiary/aromatic N) is 2. The molecule has 1 aromatic heterocycles. The van der Waals surface area contributed by atoms with E-state index in [4.69, 9.17) is 0 Å². The second-order valence-electron chi connectivity index (χ2n) is 4.37. The maximum atomic E-state index is 11.8. The Morgan fingerprint density at radius 2 is 1.95 bits per heavy atom. The topological polar surface area (TPSA) is 110 Å². The van der Waals surface area contributed by atoms with Gasteiger partial charge in [-0.2, -0.15) is 0 Å². The fourth-order valence-electron chi connectivity index (χ4n) is 1.86. The van der Waals surface area contributed by atoms with Crippen molar-refractivity contribution in [3.05, 3.63) is 24.3 Å². The summed E-state index contributed by atoms with van der Waals surface area (Å²) in [5.41, 5.74) is 0.968. The number of nitrogens with one attached hydrogen (secondary N) is 2. The maximum Gasteiger partial charge on any atom is 0.321 e. The maximum absolute atomic E-state index is 11.8. The van der Waals surface area contributed by atoms with Gasteiger partial charge in [0.1, 0.15) is 6.54 Å². The molecule has 0 aliphatic carbocycles. The lowest BCUT2D eigenvalue weighted by atomic mass is 10.3. The van der Waals surface area contributed by atoms with Crippen LogP contribution in [0.25, 0.3) is 11.0 Å². The Bertz CT molecular complexity index is 810. The zero-order chi connectivity index (χ0) is 15.6. The first-order chi connectivity index (χ1) is 9.82. The van der Waals surface area contributed by atoms with E-state index >= 15 is 0 Å². The van der Waals surface area contributed by atoms with Crippen molar-refractivity contribution in [3.8, 4) is 0 Å². The first-order valence-corrected chi connectivity index (χ1v) is 7.89. The van der Waals surface area contributed by atoms with Crippen LogP contribution in [-0.2, 0) is 21.2 Å². The van der Waals surface area contributed by atoms with Crippen LogP contribution < -0.4 is 10.6 Å². The van der Waals surface area contributed by atoms with Crippen molar-refractivity contribution >= 4 is 32.8 Å². The molecule has 3 amide bonds. The van der Waals surface area contributed by atoms with Crippen LogP contribution in [0.2, 0.25) is 0 Å². The standard InChI is InChI=1S/C12H14N4O4S/c1-13-11(18)15-10(17)7-16-9-6-4-3-5-8(9)14-12(16)21(2,19)20/h3-6H,7H2,1-2H3,(H2,13,15,17,18). The number of urea groups is 1. The Morgan fingerprint density at radius 3 is 2.57 bits per heavy atom. The van der Waals surface area contributed by atoms with Crippen molar-refractivity contribution in [2.45, 2.75) is 11.7 Å². The molecular weight excluding hydrogens is 296 g/mol. The molecule has 0 saturated heterocycles. The number of sulfone groups is 1. The third kappa shape index (κ3) is 3.19. The Balaban J connectivity index is 2.46. The summed E-state index contributed by atoms with van der Waals surface area (Å²) < 4.78 is 24.8. The van der Waals surface area contributed by atoms with E-state index in [1.54, 1.807) is 24.3 Å². The molecule has 0 bridgehead atoms. The van der Waals surface area contributed by atoms with E-state index in [1.165, 1.54) is 11.6 Å². The molecule has 1 aromatic carbocycles. The van der Waals surface area contributed by atoms with Crippen LogP contribution in [0.1, 0.15) is 0 Å². The molecule has 0 atom stereocenters. The summed E-state index contributed by atoms with van der Waals surface area (Å²) in [5.74, 6) is -0.637. The molecule has 112 valence electrons. The lowest BCUT2D eigenvalue weighted by Gasteiger charge is -2.08. The Labute approximate surface area is 121 Å². The number of carbonyl (C=O) groups excluding carboxylic acids is 2. The minimum atomic E-state index is -3.60. The van der Waals surface area contributed by atoms with Crippen LogP contribution in [0.5, 0.6) is 0 Å². The van der Waals surface area contributed by atoms with Gasteiger partial charge in [0.25, 0.3) is 0 Å². The third-order valence-corrected chi connectivity index (χ3v) is 3.71. The molecular formula is C12H14N4O4S. The number of imide groups is 1. The number of carbonyl (C=O) groups is 2. The van der Waals surface area contributed by atoms with Crippen molar-refractivity contribution in [2.24, 2.45) is 0 Å². The van der Waals surface area contributed by atoms with E-state index in [1.807, 2.05) is 0 Å². The summed E-state index contributed by atoms with van der Waals surface area (Å²) >= 11 is 0. The van der Waals surface area contributed by atoms with Gasteiger partial charge in [0.2, 0.25) is 20.9 Å². The highest BCUT2D eigenvalue weighted by molar-refractivity contribution is 7.90.